The topological polar surface area (TPSA) is 64.6 Å². The van der Waals surface area contributed by atoms with Gasteiger partial charge in [-0.05, 0) is 0 Å². The van der Waals surface area contributed by atoms with Gasteiger partial charge in [-0.25, -0.2) is 5.43 Å². The van der Waals surface area contributed by atoms with Gasteiger partial charge >= 0.3 is 0 Å². The van der Waals surface area contributed by atoms with Crippen molar-refractivity contribution >= 4 is 21.8 Å². The Morgan fingerprint density at radius 2 is 2.42 bits per heavy atom. The summed E-state index contributed by atoms with van der Waals surface area (Å²) >= 11 is 3.25. The number of β-amino-alcohol motifs (C(OH)–C–C–N with tert-alkyl or cyclic N) is 1. The largest absolute Gasteiger partial charge is 0.370 e. The van der Waals surface area contributed by atoms with Gasteiger partial charge in [-0.1, -0.05) is 15.9 Å². The Hall–Kier alpha value is -0.590. The third kappa shape index (κ3) is 1.03. The molecule has 0 aromatic rings. The number of nitrogens with one attached hydrogen (secondary N) is 2. The average molecular weight is 234 g/mol. The summed E-state index contributed by atoms with van der Waals surface area (Å²) in [7, 11) is 0. The second-order valence-electron chi connectivity index (χ2n) is 2.65. The van der Waals surface area contributed by atoms with Crippen molar-refractivity contribution in [3.63, 3.8) is 0 Å². The number of hydrogen-bond acceptors (Lipinski definition) is 4. The lowest BCUT2D eigenvalue weighted by Gasteiger charge is -2.31. The van der Waals surface area contributed by atoms with Crippen LogP contribution in [0, 0.1) is 0 Å². The van der Waals surface area contributed by atoms with Crippen LogP contribution in [-0.2, 0) is 4.79 Å². The fraction of sp³-hybridized carbons (Fsp3) is 0.500. The van der Waals surface area contributed by atoms with Crippen LogP contribution in [0.25, 0.3) is 0 Å². The monoisotopic (exact) mass is 233 g/mol. The maximum atomic E-state index is 11.2. The molecule has 2 aliphatic heterocycles. The number of hydrogen-bond donors (Lipinski definition) is 3. The zero-order valence-corrected chi connectivity index (χ0v) is 7.76. The van der Waals surface area contributed by atoms with Crippen molar-refractivity contribution in [2.75, 3.05) is 13.1 Å². The van der Waals surface area contributed by atoms with Crippen LogP contribution < -0.4 is 10.7 Å². The predicted octanol–water partition coefficient (Wildman–Crippen LogP) is -1.14. The molecule has 2 heterocycles. The molecule has 1 atom stereocenters. The summed E-state index contributed by atoms with van der Waals surface area (Å²) in [6, 6.07) is 0. The molecular formula is C6H8BrN3O2. The van der Waals surface area contributed by atoms with Crippen molar-refractivity contribution < 1.29 is 9.90 Å². The van der Waals surface area contributed by atoms with E-state index in [0.717, 1.165) is 4.48 Å². The zero-order valence-electron chi connectivity index (χ0n) is 6.17. The van der Waals surface area contributed by atoms with Gasteiger partial charge in [0.1, 0.15) is 5.70 Å². The van der Waals surface area contributed by atoms with Gasteiger partial charge in [-0.15, -0.1) is 0 Å². The summed E-state index contributed by atoms with van der Waals surface area (Å²) in [4.78, 5) is 11.2. The number of halogens is 1. The first-order valence-electron chi connectivity index (χ1n) is 3.58. The molecule has 0 aliphatic carbocycles. The van der Waals surface area contributed by atoms with Gasteiger partial charge in [0.2, 0.25) is 0 Å². The van der Waals surface area contributed by atoms with E-state index in [4.69, 9.17) is 0 Å². The van der Waals surface area contributed by atoms with Gasteiger partial charge in [-0.3, -0.25) is 9.80 Å². The van der Waals surface area contributed by atoms with Gasteiger partial charge in [-0.2, -0.15) is 0 Å². The molecule has 1 unspecified atom stereocenters. The minimum atomic E-state index is -0.673. The Balaban J connectivity index is 2.33. The van der Waals surface area contributed by atoms with Crippen molar-refractivity contribution in [2.24, 2.45) is 0 Å². The molecule has 12 heavy (non-hydrogen) atoms. The molecule has 1 amide bonds. The Labute approximate surface area is 77.5 Å². The Kier molecular flexibility index (Phi) is 1.82. The van der Waals surface area contributed by atoms with Crippen molar-refractivity contribution in [3.8, 4) is 0 Å². The molecule has 2 aliphatic rings. The second-order valence-corrected chi connectivity index (χ2v) is 3.61. The minimum absolute atomic E-state index is 0.155. The number of aliphatic hydroxyl groups is 1. The highest BCUT2D eigenvalue weighted by molar-refractivity contribution is 9.11. The number of fused-ring (bicyclic) bond motifs is 1. The van der Waals surface area contributed by atoms with E-state index in [-0.39, 0.29) is 12.5 Å². The fourth-order valence-electron chi connectivity index (χ4n) is 1.29. The van der Waals surface area contributed by atoms with Crippen molar-refractivity contribution in [1.82, 2.24) is 15.8 Å². The van der Waals surface area contributed by atoms with Crippen molar-refractivity contribution in [3.05, 3.63) is 10.2 Å². The van der Waals surface area contributed by atoms with Gasteiger partial charge in [0.15, 0.2) is 6.23 Å². The molecule has 66 valence electrons. The molecule has 2 rings (SSSR count). The molecule has 0 aromatic carbocycles. The van der Waals surface area contributed by atoms with E-state index in [1.54, 1.807) is 0 Å². The number of aliphatic hydroxyl groups excluding tert-OH is 1. The average Bonchev–Trinajstić information content (AvgIpc) is 2.42. The number of carbonyl (C=O) groups is 1. The summed E-state index contributed by atoms with van der Waals surface area (Å²) in [5.41, 5.74) is 3.37. The summed E-state index contributed by atoms with van der Waals surface area (Å²) in [5.74, 6) is -0.155. The quantitative estimate of drug-likeness (QED) is 0.495. The van der Waals surface area contributed by atoms with Gasteiger partial charge in [0.25, 0.3) is 5.91 Å². The van der Waals surface area contributed by atoms with E-state index in [1.165, 1.54) is 5.01 Å². The lowest BCUT2D eigenvalue weighted by atomic mass is 10.3. The van der Waals surface area contributed by atoms with Crippen LogP contribution in [0.2, 0.25) is 0 Å². The van der Waals surface area contributed by atoms with E-state index in [0.29, 0.717) is 12.2 Å². The molecule has 1 fully saturated rings. The van der Waals surface area contributed by atoms with E-state index >= 15 is 0 Å². The van der Waals surface area contributed by atoms with Crippen LogP contribution in [-0.4, -0.2) is 35.3 Å². The lowest BCUT2D eigenvalue weighted by molar-refractivity contribution is -0.126. The van der Waals surface area contributed by atoms with E-state index < -0.39 is 6.23 Å². The molecule has 5 nitrogen and oxygen atoms in total. The van der Waals surface area contributed by atoms with Crippen LogP contribution >= 0.6 is 15.9 Å². The predicted molar refractivity (Wildman–Crippen MR) is 44.8 cm³/mol. The number of amides is 1. The third-order valence-corrected chi connectivity index (χ3v) is 2.52. The van der Waals surface area contributed by atoms with E-state index in [2.05, 4.69) is 26.7 Å². The molecular weight excluding hydrogens is 226 g/mol. The number of rotatable bonds is 0. The molecule has 0 aromatic heterocycles. The second kappa shape index (κ2) is 2.72. The van der Waals surface area contributed by atoms with Crippen LogP contribution in [0.3, 0.4) is 0 Å². The summed E-state index contributed by atoms with van der Waals surface area (Å²) in [5, 5.41) is 13.5. The van der Waals surface area contributed by atoms with Crippen LogP contribution in [0.15, 0.2) is 10.2 Å². The smallest absolute Gasteiger partial charge is 0.270 e. The first-order chi connectivity index (χ1) is 5.70. The molecule has 3 N–H and O–H groups in total. The van der Waals surface area contributed by atoms with Crippen LogP contribution in [0.5, 0.6) is 0 Å². The highest BCUT2D eigenvalue weighted by atomic mass is 79.9. The SMILES string of the molecule is O=C1NCC(O)N2NCC(Br)=C12. The maximum absolute atomic E-state index is 11.2. The Morgan fingerprint density at radius 3 is 3.08 bits per heavy atom. The summed E-state index contributed by atoms with van der Waals surface area (Å²) in [6.45, 7) is 0.815. The fourth-order valence-corrected chi connectivity index (χ4v) is 1.79. The van der Waals surface area contributed by atoms with Gasteiger partial charge in [0.05, 0.1) is 6.54 Å². The number of carbonyl (C=O) groups excluding carboxylic acids is 1. The first-order valence-corrected chi connectivity index (χ1v) is 4.37. The van der Waals surface area contributed by atoms with Crippen molar-refractivity contribution in [1.29, 1.82) is 0 Å². The van der Waals surface area contributed by atoms with Gasteiger partial charge in [0, 0.05) is 11.0 Å². The highest BCUT2D eigenvalue weighted by Crippen LogP contribution is 2.23. The maximum Gasteiger partial charge on any atom is 0.270 e. The first kappa shape index (κ1) is 8.03. The zero-order chi connectivity index (χ0) is 8.72. The minimum Gasteiger partial charge on any atom is -0.370 e. The summed E-state index contributed by atoms with van der Waals surface area (Å²) < 4.78 is 0.777. The number of hydrazine groups is 1. The van der Waals surface area contributed by atoms with Crippen molar-refractivity contribution in [2.45, 2.75) is 6.23 Å². The highest BCUT2D eigenvalue weighted by Gasteiger charge is 2.35. The standard InChI is InChI=1S/C6H8BrN3O2/c7-3-1-9-10-4(11)2-8-6(12)5(3)10/h4,9,11H,1-2H2,(H,8,12). The summed E-state index contributed by atoms with van der Waals surface area (Å²) in [6.07, 6.45) is -0.673. The van der Waals surface area contributed by atoms with E-state index in [9.17, 15) is 9.90 Å². The Morgan fingerprint density at radius 1 is 1.67 bits per heavy atom. The normalized spacial score (nSPS) is 29.0. The van der Waals surface area contributed by atoms with Crippen LogP contribution in [0.1, 0.15) is 0 Å². The molecule has 0 spiro atoms. The third-order valence-electron chi connectivity index (χ3n) is 1.86. The molecule has 0 saturated carbocycles. The molecule has 1 saturated heterocycles. The lowest BCUT2D eigenvalue weighted by Crippen LogP contribution is -2.54. The van der Waals surface area contributed by atoms with Crippen LogP contribution in [0.4, 0.5) is 0 Å². The number of piperazine rings is 1. The van der Waals surface area contributed by atoms with Gasteiger partial charge < -0.3 is 10.4 Å². The Bertz CT molecular complexity index is 266. The van der Waals surface area contributed by atoms with E-state index in [1.807, 2.05) is 0 Å². The molecule has 6 heteroatoms. The molecule has 0 bridgehead atoms. The number of nitrogens with zero attached hydrogens (tertiary/aromatic N) is 1. The molecule has 0 radical (unpaired) electrons.